The lowest BCUT2D eigenvalue weighted by Crippen LogP contribution is -1.99. The Balaban J connectivity index is 0.00000243. The molecule has 0 unspecified atom stereocenters. The van der Waals surface area contributed by atoms with E-state index < -0.39 is 0 Å². The van der Waals surface area contributed by atoms with Gasteiger partial charge in [0.2, 0.25) is 0 Å². The molecule has 4 N–H and O–H groups in total. The lowest BCUT2D eigenvalue weighted by Gasteiger charge is -2.12. The molecule has 0 fully saturated rings. The summed E-state index contributed by atoms with van der Waals surface area (Å²) < 4.78 is 11.5. The molecule has 0 aliphatic rings. The topological polar surface area (TPSA) is 94.3 Å². The number of ether oxygens (including phenoxy) is 2. The van der Waals surface area contributed by atoms with E-state index in [9.17, 15) is 0 Å². The fourth-order valence-corrected chi connectivity index (χ4v) is 2.32. The first-order valence-electron chi connectivity index (χ1n) is 7.69. The molecule has 3 aromatic rings. The van der Waals surface area contributed by atoms with Gasteiger partial charge in [0.1, 0.15) is 18.1 Å². The predicted molar refractivity (Wildman–Crippen MR) is 119 cm³/mol. The quantitative estimate of drug-likeness (QED) is 0.521. The van der Waals surface area contributed by atoms with Crippen LogP contribution in [0.25, 0.3) is 0 Å². The largest absolute Gasteiger partial charge is 0.489 e. The van der Waals surface area contributed by atoms with Gasteiger partial charge in [-0.05, 0) is 42.0 Å². The number of nitrogens with two attached hydrogens (primary N) is 2. The van der Waals surface area contributed by atoms with Crippen LogP contribution in [0.2, 0.25) is 0 Å². The highest BCUT2D eigenvalue weighted by atomic mass is 35.5. The van der Waals surface area contributed by atoms with Gasteiger partial charge in [-0.1, -0.05) is 30.3 Å². The first kappa shape index (κ1) is 25.2. The van der Waals surface area contributed by atoms with Gasteiger partial charge in [-0.25, -0.2) is 0 Å². The van der Waals surface area contributed by atoms with E-state index in [4.69, 9.17) is 26.2 Å². The number of anilines is 2. The van der Waals surface area contributed by atoms with Gasteiger partial charge >= 0.3 is 0 Å². The molecule has 0 atom stereocenters. The summed E-state index contributed by atoms with van der Waals surface area (Å²) in [6.07, 6.45) is 0. The van der Waals surface area contributed by atoms with E-state index in [1.807, 2.05) is 48.5 Å². The highest BCUT2D eigenvalue weighted by molar-refractivity contribution is 5.86. The van der Waals surface area contributed by atoms with Crippen LogP contribution in [0.15, 0.2) is 66.7 Å². The van der Waals surface area contributed by atoms with Crippen molar-refractivity contribution >= 4 is 48.6 Å². The summed E-state index contributed by atoms with van der Waals surface area (Å²) in [6, 6.07) is 22.2. The van der Waals surface area contributed by atoms with Gasteiger partial charge in [0.15, 0.2) is 5.75 Å². The van der Waals surface area contributed by atoms with Crippen molar-refractivity contribution in [1.82, 2.24) is 0 Å². The second kappa shape index (κ2) is 11.8. The first-order chi connectivity index (χ1) is 12.2. The van der Waals surface area contributed by atoms with Crippen LogP contribution in [0.4, 0.5) is 11.4 Å². The van der Waals surface area contributed by atoms with Crippen molar-refractivity contribution in [3.8, 4) is 23.3 Å². The van der Waals surface area contributed by atoms with Gasteiger partial charge in [0.25, 0.3) is 0 Å². The van der Waals surface area contributed by atoms with Crippen LogP contribution in [0.1, 0.15) is 11.1 Å². The van der Waals surface area contributed by atoms with E-state index in [0.29, 0.717) is 35.0 Å². The Morgan fingerprint density at radius 1 is 0.786 bits per heavy atom. The second-order valence-electron chi connectivity index (χ2n) is 5.44. The average Bonchev–Trinajstić information content (AvgIpc) is 2.64. The zero-order valence-electron chi connectivity index (χ0n) is 14.7. The smallest absolute Gasteiger partial charge is 0.173 e. The monoisotopic (exact) mass is 439 g/mol. The first-order valence-corrected chi connectivity index (χ1v) is 7.69. The number of hydrogen-bond acceptors (Lipinski definition) is 5. The van der Waals surface area contributed by atoms with Gasteiger partial charge < -0.3 is 20.9 Å². The molecule has 0 radical (unpaired) electrons. The molecule has 0 heterocycles. The highest BCUT2D eigenvalue weighted by Crippen LogP contribution is 2.35. The van der Waals surface area contributed by atoms with Gasteiger partial charge in [0.05, 0.1) is 23.0 Å². The number of halogens is 3. The Hall–Kier alpha value is -2.78. The van der Waals surface area contributed by atoms with E-state index in [0.717, 1.165) is 11.3 Å². The SMILES string of the molecule is Cl.Cl.Cl.N#Cc1cc(N)c(Oc2ccc(OCc3ccccc3)cc2)c(N)c1. The van der Waals surface area contributed by atoms with Crippen molar-refractivity contribution in [1.29, 1.82) is 5.26 Å². The van der Waals surface area contributed by atoms with Gasteiger partial charge in [-0.2, -0.15) is 5.26 Å². The number of nitrogen functional groups attached to an aromatic ring is 2. The molecule has 0 amide bonds. The van der Waals surface area contributed by atoms with Crippen LogP contribution in [-0.2, 0) is 6.61 Å². The van der Waals surface area contributed by atoms with Crippen molar-refractivity contribution in [2.75, 3.05) is 11.5 Å². The van der Waals surface area contributed by atoms with E-state index in [1.165, 1.54) is 12.1 Å². The second-order valence-corrected chi connectivity index (χ2v) is 5.44. The molecule has 0 aliphatic carbocycles. The maximum absolute atomic E-state index is 8.91. The fraction of sp³-hybridized carbons (Fsp3) is 0.0500. The Kier molecular flexibility index (Phi) is 10.7. The molecule has 28 heavy (non-hydrogen) atoms. The molecule has 3 rings (SSSR count). The molecule has 8 heteroatoms. The minimum absolute atomic E-state index is 0. The summed E-state index contributed by atoms with van der Waals surface area (Å²) in [6.45, 7) is 0.497. The summed E-state index contributed by atoms with van der Waals surface area (Å²) in [4.78, 5) is 0. The Morgan fingerprint density at radius 3 is 1.86 bits per heavy atom. The van der Waals surface area contributed by atoms with Crippen LogP contribution in [0.3, 0.4) is 0 Å². The molecule has 0 aromatic heterocycles. The lowest BCUT2D eigenvalue weighted by atomic mass is 10.1. The highest BCUT2D eigenvalue weighted by Gasteiger charge is 2.09. The summed E-state index contributed by atoms with van der Waals surface area (Å²) in [7, 11) is 0. The number of nitrogens with zero attached hydrogens (tertiary/aromatic N) is 1. The normalized spacial score (nSPS) is 8.96. The average molecular weight is 441 g/mol. The maximum Gasteiger partial charge on any atom is 0.173 e. The van der Waals surface area contributed by atoms with Gasteiger partial charge in [-0.3, -0.25) is 0 Å². The number of rotatable bonds is 5. The Bertz CT molecular complexity index is 891. The summed E-state index contributed by atoms with van der Waals surface area (Å²) in [5.41, 5.74) is 13.9. The minimum Gasteiger partial charge on any atom is -0.489 e. The van der Waals surface area contributed by atoms with E-state index in [-0.39, 0.29) is 37.2 Å². The molecule has 0 saturated carbocycles. The van der Waals surface area contributed by atoms with Crippen molar-refractivity contribution in [2.24, 2.45) is 0 Å². The third-order valence-electron chi connectivity index (χ3n) is 3.57. The Morgan fingerprint density at radius 2 is 1.32 bits per heavy atom. The summed E-state index contributed by atoms with van der Waals surface area (Å²) >= 11 is 0. The number of benzene rings is 3. The number of nitriles is 1. The molecule has 0 aliphatic heterocycles. The zero-order valence-corrected chi connectivity index (χ0v) is 17.2. The standard InChI is InChI=1S/C20H17N3O2.3ClH/c21-12-15-10-18(22)20(19(23)11-15)25-17-8-6-16(7-9-17)24-13-14-4-2-1-3-5-14;;;/h1-11H,13,22-23H2;3*1H. The van der Waals surface area contributed by atoms with Crippen molar-refractivity contribution in [3.05, 3.63) is 77.9 Å². The molecule has 148 valence electrons. The number of hydrogen-bond donors (Lipinski definition) is 2. The van der Waals surface area contributed by atoms with Crippen LogP contribution < -0.4 is 20.9 Å². The third kappa shape index (κ3) is 6.43. The molecule has 3 aromatic carbocycles. The van der Waals surface area contributed by atoms with Crippen LogP contribution in [0, 0.1) is 11.3 Å². The maximum atomic E-state index is 8.91. The predicted octanol–water partition coefficient (Wildman–Crippen LogP) is 5.36. The van der Waals surface area contributed by atoms with Crippen LogP contribution >= 0.6 is 37.2 Å². The van der Waals surface area contributed by atoms with Crippen molar-refractivity contribution in [3.63, 3.8) is 0 Å². The van der Waals surface area contributed by atoms with E-state index in [2.05, 4.69) is 0 Å². The van der Waals surface area contributed by atoms with Gasteiger partial charge in [-0.15, -0.1) is 37.2 Å². The molecular weight excluding hydrogens is 421 g/mol. The molecule has 0 bridgehead atoms. The minimum atomic E-state index is 0. The molecule has 0 spiro atoms. The van der Waals surface area contributed by atoms with E-state index >= 15 is 0 Å². The molecule has 5 nitrogen and oxygen atoms in total. The van der Waals surface area contributed by atoms with E-state index in [1.54, 1.807) is 12.1 Å². The van der Waals surface area contributed by atoms with Crippen LogP contribution in [-0.4, -0.2) is 0 Å². The zero-order chi connectivity index (χ0) is 17.6. The summed E-state index contributed by atoms with van der Waals surface area (Å²) in [5.74, 6) is 1.66. The van der Waals surface area contributed by atoms with Crippen LogP contribution in [0.5, 0.6) is 17.2 Å². The third-order valence-corrected chi connectivity index (χ3v) is 3.57. The van der Waals surface area contributed by atoms with Crippen molar-refractivity contribution in [2.45, 2.75) is 6.61 Å². The fourth-order valence-electron chi connectivity index (χ4n) is 2.32. The molecular formula is C20H20Cl3N3O2. The summed E-state index contributed by atoms with van der Waals surface area (Å²) in [5, 5.41) is 8.91. The molecule has 0 saturated heterocycles. The lowest BCUT2D eigenvalue weighted by molar-refractivity contribution is 0.306. The Labute approximate surface area is 182 Å². The van der Waals surface area contributed by atoms with Crippen molar-refractivity contribution < 1.29 is 9.47 Å². The van der Waals surface area contributed by atoms with Gasteiger partial charge in [0, 0.05) is 0 Å².